The first-order valence-electron chi connectivity index (χ1n) is 4.56. The van der Waals surface area contributed by atoms with Crippen LogP contribution in [0.5, 0.6) is 0 Å². The van der Waals surface area contributed by atoms with Gasteiger partial charge in [0.1, 0.15) is 11.7 Å². The molecule has 2 aliphatic heterocycles. The Hall–Kier alpha value is -0.170. The van der Waals surface area contributed by atoms with Crippen molar-refractivity contribution in [3.63, 3.8) is 0 Å². The van der Waals surface area contributed by atoms with Crippen LogP contribution in [0.25, 0.3) is 0 Å². The van der Waals surface area contributed by atoms with Crippen molar-refractivity contribution in [2.45, 2.75) is 24.7 Å². The van der Waals surface area contributed by atoms with E-state index in [1.165, 1.54) is 10.6 Å². The van der Waals surface area contributed by atoms with Gasteiger partial charge in [0.15, 0.2) is 0 Å². The zero-order valence-corrected chi connectivity index (χ0v) is 9.37. The molecule has 0 radical (unpaired) electrons. The lowest BCUT2D eigenvalue weighted by Crippen LogP contribution is -2.31. The van der Waals surface area contributed by atoms with E-state index in [-0.39, 0.29) is 17.8 Å². The highest BCUT2D eigenvalue weighted by atomic mass is 32.2. The van der Waals surface area contributed by atoms with Crippen LogP contribution < -0.4 is 0 Å². The van der Waals surface area contributed by atoms with Gasteiger partial charge in [-0.05, 0) is 6.92 Å². The molecular formula is C8H15NO4S. The first-order valence-corrected chi connectivity index (χ1v) is 6.41. The number of hydrogen-bond donors (Lipinski definition) is 0. The molecule has 82 valence electrons. The first-order chi connectivity index (χ1) is 6.40. The average Bonchev–Trinajstić information content (AvgIpc) is 2.58. The van der Waals surface area contributed by atoms with Crippen molar-refractivity contribution in [1.82, 2.24) is 4.31 Å². The van der Waals surface area contributed by atoms with Gasteiger partial charge in [0.05, 0.1) is 12.4 Å². The Morgan fingerprint density at radius 1 is 1.57 bits per heavy atom. The van der Waals surface area contributed by atoms with Crippen molar-refractivity contribution < 1.29 is 17.9 Å². The van der Waals surface area contributed by atoms with Crippen LogP contribution >= 0.6 is 0 Å². The summed E-state index contributed by atoms with van der Waals surface area (Å²) in [7, 11) is -1.54. The lowest BCUT2D eigenvalue weighted by atomic mass is 10.0. The summed E-state index contributed by atoms with van der Waals surface area (Å²) in [6.45, 7) is 2.77. The molecule has 14 heavy (non-hydrogen) atoms. The van der Waals surface area contributed by atoms with Gasteiger partial charge in [0, 0.05) is 20.2 Å². The Labute approximate surface area is 84.0 Å². The number of epoxide rings is 1. The van der Waals surface area contributed by atoms with E-state index in [2.05, 4.69) is 0 Å². The molecule has 2 saturated heterocycles. The standard InChI is InChI=1S/C8H15NO4S/c1-6-8(13-6)5-9(14(3,10)11)4-7(8)12-2/h6-7H,4-5H2,1-3H3/t6-,7+,8+/m1/s1. The highest BCUT2D eigenvalue weighted by Gasteiger charge is 2.65. The van der Waals surface area contributed by atoms with Crippen LogP contribution in [-0.4, -0.2) is 57.0 Å². The highest BCUT2D eigenvalue weighted by molar-refractivity contribution is 7.88. The SMILES string of the molecule is CO[C@H]1CN(S(C)(=O)=O)C[C@@]12O[C@@H]2C. The summed E-state index contributed by atoms with van der Waals surface area (Å²) in [6.07, 6.45) is 1.18. The van der Waals surface area contributed by atoms with Gasteiger partial charge in [0.25, 0.3) is 0 Å². The molecule has 5 nitrogen and oxygen atoms in total. The topological polar surface area (TPSA) is 59.1 Å². The number of ether oxygens (including phenoxy) is 2. The van der Waals surface area contributed by atoms with Crippen molar-refractivity contribution >= 4 is 10.0 Å². The minimum atomic E-state index is -3.13. The molecule has 1 spiro atoms. The highest BCUT2D eigenvalue weighted by Crippen LogP contribution is 2.45. The molecular weight excluding hydrogens is 206 g/mol. The van der Waals surface area contributed by atoms with E-state index in [1.807, 2.05) is 6.92 Å². The summed E-state index contributed by atoms with van der Waals surface area (Å²) in [5, 5.41) is 0. The number of hydrogen-bond acceptors (Lipinski definition) is 4. The van der Waals surface area contributed by atoms with E-state index in [9.17, 15) is 8.42 Å². The number of sulfonamides is 1. The Morgan fingerprint density at radius 3 is 2.43 bits per heavy atom. The Bertz CT molecular complexity index is 341. The van der Waals surface area contributed by atoms with E-state index < -0.39 is 10.0 Å². The molecule has 0 unspecified atom stereocenters. The van der Waals surface area contributed by atoms with Gasteiger partial charge >= 0.3 is 0 Å². The molecule has 0 aliphatic carbocycles. The van der Waals surface area contributed by atoms with E-state index in [1.54, 1.807) is 7.11 Å². The molecule has 2 aliphatic rings. The van der Waals surface area contributed by atoms with Gasteiger partial charge in [-0.1, -0.05) is 0 Å². The fourth-order valence-electron chi connectivity index (χ4n) is 2.11. The maximum absolute atomic E-state index is 11.3. The smallest absolute Gasteiger partial charge is 0.211 e. The van der Waals surface area contributed by atoms with Gasteiger partial charge < -0.3 is 9.47 Å². The van der Waals surface area contributed by atoms with E-state index >= 15 is 0 Å². The van der Waals surface area contributed by atoms with Gasteiger partial charge in [-0.2, -0.15) is 4.31 Å². The Balaban J connectivity index is 2.18. The molecule has 2 fully saturated rings. The zero-order chi connectivity index (χ0) is 10.6. The molecule has 0 aromatic rings. The maximum atomic E-state index is 11.3. The summed E-state index contributed by atoms with van der Waals surface area (Å²) in [6, 6.07) is 0. The lowest BCUT2D eigenvalue weighted by molar-refractivity contribution is 0.0614. The summed E-state index contributed by atoms with van der Waals surface area (Å²) in [5.41, 5.74) is -0.377. The lowest BCUT2D eigenvalue weighted by Gasteiger charge is -2.11. The zero-order valence-electron chi connectivity index (χ0n) is 8.56. The Morgan fingerprint density at radius 2 is 2.14 bits per heavy atom. The van der Waals surface area contributed by atoms with E-state index in [0.29, 0.717) is 13.1 Å². The number of rotatable bonds is 2. The van der Waals surface area contributed by atoms with Crippen LogP contribution in [0, 0.1) is 0 Å². The molecule has 6 heteroatoms. The average molecular weight is 221 g/mol. The summed E-state index contributed by atoms with van der Waals surface area (Å²) < 4.78 is 34.8. The maximum Gasteiger partial charge on any atom is 0.211 e. The normalized spacial score (nSPS) is 43.4. The summed E-state index contributed by atoms with van der Waals surface area (Å²) in [4.78, 5) is 0. The van der Waals surface area contributed by atoms with Crippen LogP contribution in [0.4, 0.5) is 0 Å². The first kappa shape index (κ1) is 10.4. The predicted octanol–water partition coefficient (Wildman–Crippen LogP) is -0.566. The fourth-order valence-corrected chi connectivity index (χ4v) is 2.95. The van der Waals surface area contributed by atoms with Crippen LogP contribution in [0.15, 0.2) is 0 Å². The van der Waals surface area contributed by atoms with Gasteiger partial charge in [0.2, 0.25) is 10.0 Å². The molecule has 2 rings (SSSR count). The van der Waals surface area contributed by atoms with Gasteiger partial charge in [-0.25, -0.2) is 8.42 Å². The third-order valence-corrected chi connectivity index (χ3v) is 4.33. The minimum Gasteiger partial charge on any atom is -0.377 e. The van der Waals surface area contributed by atoms with Crippen molar-refractivity contribution in [2.24, 2.45) is 0 Å². The Kier molecular flexibility index (Phi) is 2.15. The minimum absolute atomic E-state index is 0.0965. The molecule has 0 aromatic heterocycles. The van der Waals surface area contributed by atoms with Crippen LogP contribution in [0.1, 0.15) is 6.92 Å². The van der Waals surface area contributed by atoms with Crippen molar-refractivity contribution in [3.05, 3.63) is 0 Å². The van der Waals surface area contributed by atoms with Crippen LogP contribution in [-0.2, 0) is 19.5 Å². The van der Waals surface area contributed by atoms with Crippen LogP contribution in [0.3, 0.4) is 0 Å². The van der Waals surface area contributed by atoms with E-state index in [4.69, 9.17) is 9.47 Å². The molecule has 0 bridgehead atoms. The summed E-state index contributed by atoms with van der Waals surface area (Å²) in [5.74, 6) is 0. The van der Waals surface area contributed by atoms with Crippen molar-refractivity contribution in [2.75, 3.05) is 26.5 Å². The molecule has 0 amide bonds. The predicted molar refractivity (Wildman–Crippen MR) is 50.5 cm³/mol. The van der Waals surface area contributed by atoms with Crippen molar-refractivity contribution in [3.8, 4) is 0 Å². The molecule has 2 heterocycles. The number of nitrogens with zero attached hydrogens (tertiary/aromatic N) is 1. The molecule has 0 aromatic carbocycles. The van der Waals surface area contributed by atoms with Gasteiger partial charge in [-0.3, -0.25) is 0 Å². The second-order valence-electron chi connectivity index (χ2n) is 3.99. The molecule has 0 N–H and O–H groups in total. The van der Waals surface area contributed by atoms with E-state index in [0.717, 1.165) is 0 Å². The van der Waals surface area contributed by atoms with Crippen LogP contribution in [0.2, 0.25) is 0 Å². The third-order valence-electron chi connectivity index (χ3n) is 3.12. The fraction of sp³-hybridized carbons (Fsp3) is 1.00. The monoisotopic (exact) mass is 221 g/mol. The largest absolute Gasteiger partial charge is 0.377 e. The quantitative estimate of drug-likeness (QED) is 0.586. The third kappa shape index (κ3) is 1.37. The molecule has 0 saturated carbocycles. The second kappa shape index (κ2) is 2.91. The summed E-state index contributed by atoms with van der Waals surface area (Å²) >= 11 is 0. The number of methoxy groups -OCH3 is 1. The van der Waals surface area contributed by atoms with Gasteiger partial charge in [-0.15, -0.1) is 0 Å². The second-order valence-corrected chi connectivity index (χ2v) is 5.98. The molecule has 3 atom stereocenters. The van der Waals surface area contributed by atoms with Crippen molar-refractivity contribution in [1.29, 1.82) is 0 Å².